The van der Waals surface area contributed by atoms with Gasteiger partial charge in [-0.2, -0.15) is 0 Å². The van der Waals surface area contributed by atoms with Crippen molar-refractivity contribution in [3.8, 4) is 0 Å². The maximum Gasteiger partial charge on any atom is 0.311 e. The van der Waals surface area contributed by atoms with E-state index in [4.69, 9.17) is 38.5 Å². The van der Waals surface area contributed by atoms with E-state index in [1.165, 1.54) is 0 Å². The van der Waals surface area contributed by atoms with E-state index in [0.717, 1.165) is 96.3 Å². The van der Waals surface area contributed by atoms with Crippen LogP contribution in [0.2, 0.25) is 0 Å². The summed E-state index contributed by atoms with van der Waals surface area (Å²) in [6, 6.07) is 0. The third-order valence-electron chi connectivity index (χ3n) is 13.6. The Bertz CT molecular complexity index is 1090. The lowest BCUT2D eigenvalue weighted by Crippen LogP contribution is -2.70. The summed E-state index contributed by atoms with van der Waals surface area (Å²) in [6.45, 7) is 8.34. The van der Waals surface area contributed by atoms with Crippen molar-refractivity contribution in [2.75, 3.05) is 0 Å². The summed E-state index contributed by atoms with van der Waals surface area (Å²) in [5, 5.41) is 0. The molecule has 10 rings (SSSR count). The second-order valence-electron chi connectivity index (χ2n) is 16.3. The van der Waals surface area contributed by atoms with Gasteiger partial charge < -0.3 is 18.9 Å². The lowest BCUT2D eigenvalue weighted by molar-refractivity contribution is -0.559. The molecule has 252 valence electrons. The molecule has 10 aliphatic rings. The molecule has 4 bridgehead atoms. The van der Waals surface area contributed by atoms with Gasteiger partial charge in [0.1, 0.15) is 0 Å². The third-order valence-corrected chi connectivity index (χ3v) is 13.6. The van der Waals surface area contributed by atoms with Gasteiger partial charge in [0, 0.05) is 36.5 Å². The highest BCUT2D eigenvalue weighted by Crippen LogP contribution is 2.62. The third kappa shape index (κ3) is 4.70. The summed E-state index contributed by atoms with van der Waals surface area (Å²) in [5.74, 6) is -0.862. The number of hydrogen-bond donors (Lipinski definition) is 0. The lowest BCUT2D eigenvalue weighted by Gasteiger charge is -2.58. The van der Waals surface area contributed by atoms with Crippen LogP contribution in [0.1, 0.15) is 124 Å². The Labute approximate surface area is 266 Å². The average Bonchev–Trinajstić information content (AvgIpc) is 3.38. The smallest absolute Gasteiger partial charge is 0.311 e. The minimum Gasteiger partial charge on any atom is -0.432 e. The van der Waals surface area contributed by atoms with Crippen LogP contribution in [0.4, 0.5) is 0 Å². The highest BCUT2D eigenvalue weighted by molar-refractivity contribution is 5.75. The molecule has 0 amide bonds. The standard InChI is InChI=1S/C35H52O10/c1-20-12-14-26-22(28(36)38-30-34(26)24(20)16-18-32(3,40-30)42-44-34)10-8-6-5-7-9-11-23-27-15-13-21(2)25-17-19-33(4)41-31(39-29(23)37)35(25,27)45-43-33/h20-27,30-31H,5-19H2,1-4H3/t20-,21-,22-,23+,24+,25+,26+,27+,30-,31-,32-,33-,34-,35-/m1/s1. The molecule has 2 aliphatic carbocycles. The normalized spacial score (nSPS) is 53.1. The van der Waals surface area contributed by atoms with Crippen molar-refractivity contribution in [3.63, 3.8) is 0 Å². The highest BCUT2D eigenvalue weighted by atomic mass is 17.3. The Morgan fingerprint density at radius 2 is 0.978 bits per heavy atom. The first-order chi connectivity index (χ1) is 21.6. The van der Waals surface area contributed by atoms with Crippen molar-refractivity contribution in [3.05, 3.63) is 0 Å². The molecule has 0 aromatic rings. The van der Waals surface area contributed by atoms with E-state index in [2.05, 4.69) is 13.8 Å². The highest BCUT2D eigenvalue weighted by Gasteiger charge is 2.72. The van der Waals surface area contributed by atoms with Crippen LogP contribution < -0.4 is 0 Å². The first-order valence-corrected chi connectivity index (χ1v) is 18.1. The lowest BCUT2D eigenvalue weighted by atomic mass is 9.57. The zero-order valence-corrected chi connectivity index (χ0v) is 27.5. The van der Waals surface area contributed by atoms with Crippen molar-refractivity contribution in [1.29, 1.82) is 0 Å². The molecular weight excluding hydrogens is 580 g/mol. The molecule has 0 N–H and O–H groups in total. The molecule has 8 aliphatic heterocycles. The summed E-state index contributed by atoms with van der Waals surface area (Å²) in [5.41, 5.74) is -1.41. The Morgan fingerprint density at radius 1 is 0.556 bits per heavy atom. The van der Waals surface area contributed by atoms with Crippen LogP contribution in [0.3, 0.4) is 0 Å². The van der Waals surface area contributed by atoms with E-state index < -0.39 is 35.4 Å². The fourth-order valence-corrected chi connectivity index (χ4v) is 11.1. The van der Waals surface area contributed by atoms with Crippen LogP contribution in [0.25, 0.3) is 0 Å². The molecule has 8 saturated heterocycles. The van der Waals surface area contributed by atoms with E-state index >= 15 is 0 Å². The Balaban J connectivity index is 0.857. The monoisotopic (exact) mass is 632 g/mol. The zero-order chi connectivity index (χ0) is 31.2. The van der Waals surface area contributed by atoms with Gasteiger partial charge in [0.2, 0.25) is 24.2 Å². The summed E-state index contributed by atoms with van der Waals surface area (Å²) in [6.07, 6.45) is 12.6. The summed E-state index contributed by atoms with van der Waals surface area (Å²) >= 11 is 0. The number of fused-ring (bicyclic) bond motifs is 4. The van der Waals surface area contributed by atoms with Crippen molar-refractivity contribution >= 4 is 11.9 Å². The number of esters is 2. The quantitative estimate of drug-likeness (QED) is 0.167. The minimum atomic E-state index is -0.862. The molecular formula is C35H52O10. The summed E-state index contributed by atoms with van der Waals surface area (Å²) in [4.78, 5) is 50.9. The summed E-state index contributed by atoms with van der Waals surface area (Å²) in [7, 11) is 0. The largest absolute Gasteiger partial charge is 0.432 e. The Hall–Kier alpha value is -1.30. The molecule has 8 heterocycles. The fourth-order valence-electron chi connectivity index (χ4n) is 11.1. The molecule has 0 radical (unpaired) electrons. The van der Waals surface area contributed by atoms with Gasteiger partial charge in [0.15, 0.2) is 11.2 Å². The van der Waals surface area contributed by atoms with E-state index in [1.807, 2.05) is 13.8 Å². The molecule has 10 fully saturated rings. The van der Waals surface area contributed by atoms with Gasteiger partial charge in [-0.1, -0.05) is 46.0 Å². The molecule has 10 nitrogen and oxygen atoms in total. The van der Waals surface area contributed by atoms with Crippen LogP contribution in [0, 0.1) is 47.3 Å². The molecule has 2 saturated carbocycles. The molecule has 2 spiro atoms. The van der Waals surface area contributed by atoms with E-state index in [-0.39, 0.29) is 47.4 Å². The molecule has 0 unspecified atom stereocenters. The van der Waals surface area contributed by atoms with Crippen LogP contribution in [0.5, 0.6) is 0 Å². The predicted molar refractivity (Wildman–Crippen MR) is 157 cm³/mol. The molecule has 45 heavy (non-hydrogen) atoms. The van der Waals surface area contributed by atoms with Crippen LogP contribution in [-0.4, -0.2) is 47.3 Å². The predicted octanol–water partition coefficient (Wildman–Crippen LogP) is 6.49. The Kier molecular flexibility index (Phi) is 7.66. The minimum absolute atomic E-state index is 0.0481. The number of unbranched alkanes of at least 4 members (excludes halogenated alkanes) is 4. The van der Waals surface area contributed by atoms with Crippen molar-refractivity contribution in [2.24, 2.45) is 47.3 Å². The zero-order valence-electron chi connectivity index (χ0n) is 27.5. The average molecular weight is 633 g/mol. The first kappa shape index (κ1) is 31.0. The van der Waals surface area contributed by atoms with Crippen molar-refractivity contribution < 1.29 is 48.1 Å². The molecule has 0 aromatic heterocycles. The Morgan fingerprint density at radius 3 is 1.42 bits per heavy atom. The maximum absolute atomic E-state index is 13.3. The number of hydrogen-bond acceptors (Lipinski definition) is 10. The van der Waals surface area contributed by atoms with Gasteiger partial charge in [0.25, 0.3) is 0 Å². The van der Waals surface area contributed by atoms with Gasteiger partial charge >= 0.3 is 11.9 Å². The van der Waals surface area contributed by atoms with Gasteiger partial charge in [-0.3, -0.25) is 9.59 Å². The van der Waals surface area contributed by atoms with Gasteiger partial charge in [-0.15, -0.1) is 0 Å². The van der Waals surface area contributed by atoms with Gasteiger partial charge in [0.05, 0.1) is 11.8 Å². The second kappa shape index (κ2) is 11.1. The van der Waals surface area contributed by atoms with Crippen LogP contribution >= 0.6 is 0 Å². The van der Waals surface area contributed by atoms with E-state index in [1.54, 1.807) is 0 Å². The van der Waals surface area contributed by atoms with E-state index in [9.17, 15) is 9.59 Å². The fraction of sp³-hybridized carbons (Fsp3) is 0.943. The van der Waals surface area contributed by atoms with Crippen LogP contribution in [-0.2, 0) is 48.1 Å². The number of ether oxygens (including phenoxy) is 4. The molecule has 14 atom stereocenters. The number of carbonyl (C=O) groups excluding carboxylic acids is 2. The van der Waals surface area contributed by atoms with Crippen LogP contribution in [0.15, 0.2) is 0 Å². The first-order valence-electron chi connectivity index (χ1n) is 18.1. The molecule has 0 aromatic carbocycles. The topological polar surface area (TPSA) is 108 Å². The maximum atomic E-state index is 13.3. The number of carbonyl (C=O) groups is 2. The SMILES string of the molecule is C[C@@H]1CC[C@H]2[C@H](CCCCCCC[C@H]3C(=O)O[C@@H]4O[C@@]5(C)CC[C@H]6[C@H](C)CC[C@@H]3[C@@]46OO5)C(=O)O[C@@H]3O[C@@]4(C)CC[C@@H]1[C@]32OO4. The van der Waals surface area contributed by atoms with Gasteiger partial charge in [-0.25, -0.2) is 19.6 Å². The summed E-state index contributed by atoms with van der Waals surface area (Å²) < 4.78 is 24.5. The van der Waals surface area contributed by atoms with E-state index in [0.29, 0.717) is 11.8 Å². The van der Waals surface area contributed by atoms with Crippen molar-refractivity contribution in [1.82, 2.24) is 0 Å². The van der Waals surface area contributed by atoms with Gasteiger partial charge in [-0.05, 0) is 77.0 Å². The number of rotatable bonds is 8. The second-order valence-corrected chi connectivity index (χ2v) is 16.3. The molecule has 10 heteroatoms. The van der Waals surface area contributed by atoms with Crippen molar-refractivity contribution in [2.45, 2.75) is 159 Å².